The number of carbonyl (C=O) groups is 1. The first-order valence-corrected chi connectivity index (χ1v) is 7.07. The summed E-state index contributed by atoms with van der Waals surface area (Å²) in [6, 6.07) is 8.27. The molecule has 1 aromatic heterocycles. The minimum atomic E-state index is -0.603. The number of aromatic amines is 1. The largest absolute Gasteiger partial charge is 0.337 e. The van der Waals surface area contributed by atoms with E-state index in [4.69, 9.17) is 11.6 Å². The fourth-order valence-corrected chi connectivity index (χ4v) is 2.13. The molecule has 0 fully saturated rings. The Morgan fingerprint density at radius 3 is 2.50 bits per heavy atom. The molecule has 6 nitrogen and oxygen atoms in total. The first-order chi connectivity index (χ1) is 10.4. The summed E-state index contributed by atoms with van der Waals surface area (Å²) in [4.78, 5) is 38.5. The van der Waals surface area contributed by atoms with Crippen molar-refractivity contribution in [2.45, 2.75) is 19.5 Å². The zero-order valence-electron chi connectivity index (χ0n) is 12.2. The van der Waals surface area contributed by atoms with Crippen LogP contribution >= 0.6 is 11.6 Å². The van der Waals surface area contributed by atoms with Crippen molar-refractivity contribution in [1.82, 2.24) is 14.5 Å². The Hall–Kier alpha value is -2.34. The highest BCUT2D eigenvalue weighted by molar-refractivity contribution is 6.30. The molecule has 1 amide bonds. The summed E-state index contributed by atoms with van der Waals surface area (Å²) in [7, 11) is 1.67. The molecule has 1 aromatic carbocycles. The van der Waals surface area contributed by atoms with Crippen LogP contribution < -0.4 is 11.2 Å². The second-order valence-electron chi connectivity index (χ2n) is 4.97. The molecule has 0 aliphatic rings. The topological polar surface area (TPSA) is 75.2 Å². The lowest BCUT2D eigenvalue weighted by Gasteiger charge is -2.25. The summed E-state index contributed by atoms with van der Waals surface area (Å²) >= 11 is 5.85. The summed E-state index contributed by atoms with van der Waals surface area (Å²) in [6.45, 7) is 1.75. The van der Waals surface area contributed by atoms with Gasteiger partial charge in [0.2, 0.25) is 5.91 Å². The monoisotopic (exact) mass is 321 g/mol. The number of benzene rings is 1. The Labute approximate surface area is 132 Å². The minimum Gasteiger partial charge on any atom is -0.337 e. The van der Waals surface area contributed by atoms with Gasteiger partial charge in [-0.15, -0.1) is 0 Å². The van der Waals surface area contributed by atoms with Gasteiger partial charge in [0.15, 0.2) is 0 Å². The molecule has 0 saturated carbocycles. The van der Waals surface area contributed by atoms with Crippen molar-refractivity contribution in [3.05, 3.63) is 68.0 Å². The van der Waals surface area contributed by atoms with Crippen molar-refractivity contribution in [2.24, 2.45) is 0 Å². The SMILES string of the molecule is C[C@H](c1ccc(Cl)cc1)N(C)C(=O)Cn1ccc(=O)[nH]c1=O. The molecule has 0 radical (unpaired) electrons. The van der Waals surface area contributed by atoms with Gasteiger partial charge in [-0.3, -0.25) is 19.1 Å². The third-order valence-electron chi connectivity index (χ3n) is 3.53. The van der Waals surface area contributed by atoms with Gasteiger partial charge in [0.25, 0.3) is 5.56 Å². The van der Waals surface area contributed by atoms with Crippen LogP contribution in [-0.2, 0) is 11.3 Å². The Balaban J connectivity index is 2.13. The first kappa shape index (κ1) is 16.0. The zero-order chi connectivity index (χ0) is 16.3. The van der Waals surface area contributed by atoms with Crippen LogP contribution in [0.25, 0.3) is 0 Å². The quantitative estimate of drug-likeness (QED) is 0.925. The van der Waals surface area contributed by atoms with Crippen LogP contribution in [-0.4, -0.2) is 27.4 Å². The number of amides is 1. The molecule has 0 unspecified atom stereocenters. The number of aromatic nitrogens is 2. The van der Waals surface area contributed by atoms with Crippen LogP contribution in [0.5, 0.6) is 0 Å². The molecule has 1 N–H and O–H groups in total. The number of nitrogens with zero attached hydrogens (tertiary/aromatic N) is 2. The van der Waals surface area contributed by atoms with E-state index in [1.165, 1.54) is 12.3 Å². The lowest BCUT2D eigenvalue weighted by Crippen LogP contribution is -2.37. The number of rotatable bonds is 4. The van der Waals surface area contributed by atoms with Gasteiger partial charge in [-0.1, -0.05) is 23.7 Å². The highest BCUT2D eigenvalue weighted by Gasteiger charge is 2.18. The normalized spacial score (nSPS) is 12.0. The van der Waals surface area contributed by atoms with E-state index in [2.05, 4.69) is 4.98 Å². The second-order valence-corrected chi connectivity index (χ2v) is 5.41. The fraction of sp³-hybridized carbons (Fsp3) is 0.267. The zero-order valence-corrected chi connectivity index (χ0v) is 13.0. The summed E-state index contributed by atoms with van der Waals surface area (Å²) < 4.78 is 1.16. The molecule has 1 heterocycles. The molecule has 2 rings (SSSR count). The molecule has 0 spiro atoms. The summed E-state index contributed by atoms with van der Waals surface area (Å²) in [6.07, 6.45) is 1.31. The number of nitrogens with one attached hydrogen (secondary N) is 1. The molecule has 22 heavy (non-hydrogen) atoms. The Bertz CT molecular complexity index is 780. The molecule has 116 valence electrons. The number of carbonyl (C=O) groups excluding carboxylic acids is 1. The van der Waals surface area contributed by atoms with Gasteiger partial charge < -0.3 is 4.90 Å². The van der Waals surface area contributed by atoms with Gasteiger partial charge in [0, 0.05) is 24.3 Å². The van der Waals surface area contributed by atoms with Crippen LogP contribution in [0.15, 0.2) is 46.1 Å². The van der Waals surface area contributed by atoms with Gasteiger partial charge in [-0.05, 0) is 24.6 Å². The van der Waals surface area contributed by atoms with E-state index in [-0.39, 0.29) is 18.5 Å². The van der Waals surface area contributed by atoms with E-state index in [0.717, 1.165) is 10.1 Å². The van der Waals surface area contributed by atoms with E-state index in [1.54, 1.807) is 24.1 Å². The smallest absolute Gasteiger partial charge is 0.328 e. The average molecular weight is 322 g/mol. The highest BCUT2D eigenvalue weighted by Crippen LogP contribution is 2.20. The van der Waals surface area contributed by atoms with E-state index < -0.39 is 11.2 Å². The van der Waals surface area contributed by atoms with E-state index in [9.17, 15) is 14.4 Å². The standard InChI is InChI=1S/C15H16ClN3O3/c1-10(11-3-5-12(16)6-4-11)18(2)14(21)9-19-8-7-13(20)17-15(19)22/h3-8,10H,9H2,1-2H3,(H,17,20,22)/t10-/m1/s1. The van der Waals surface area contributed by atoms with Crippen molar-refractivity contribution in [2.75, 3.05) is 7.05 Å². The molecule has 0 aliphatic carbocycles. The van der Waals surface area contributed by atoms with Crippen LogP contribution in [0.3, 0.4) is 0 Å². The van der Waals surface area contributed by atoms with Gasteiger partial charge in [0.05, 0.1) is 6.04 Å². The number of H-pyrrole nitrogens is 1. The van der Waals surface area contributed by atoms with Crippen molar-refractivity contribution in [1.29, 1.82) is 0 Å². The second kappa shape index (κ2) is 6.62. The number of likely N-dealkylation sites (N-methyl/N-ethyl adjacent to an activating group) is 1. The van der Waals surface area contributed by atoms with Gasteiger partial charge in [-0.25, -0.2) is 4.79 Å². The van der Waals surface area contributed by atoms with E-state index >= 15 is 0 Å². The van der Waals surface area contributed by atoms with Crippen molar-refractivity contribution >= 4 is 17.5 Å². The van der Waals surface area contributed by atoms with E-state index in [0.29, 0.717) is 5.02 Å². The lowest BCUT2D eigenvalue weighted by molar-refractivity contribution is -0.132. The predicted octanol–water partition coefficient (Wildman–Crippen LogP) is 1.41. The summed E-state index contributed by atoms with van der Waals surface area (Å²) in [5.74, 6) is -0.239. The molecular formula is C15H16ClN3O3. The molecule has 0 aliphatic heterocycles. The molecule has 1 atom stereocenters. The van der Waals surface area contributed by atoms with Gasteiger partial charge >= 0.3 is 5.69 Å². The highest BCUT2D eigenvalue weighted by atomic mass is 35.5. The average Bonchev–Trinajstić information content (AvgIpc) is 2.49. The third kappa shape index (κ3) is 3.65. The number of hydrogen-bond donors (Lipinski definition) is 1. The lowest BCUT2D eigenvalue weighted by atomic mass is 10.1. The van der Waals surface area contributed by atoms with Crippen LogP contribution in [0.2, 0.25) is 5.02 Å². The Kier molecular flexibility index (Phi) is 4.82. The number of halogens is 1. The minimum absolute atomic E-state index is 0.135. The molecule has 7 heteroatoms. The maximum absolute atomic E-state index is 12.3. The van der Waals surface area contributed by atoms with Crippen LogP contribution in [0, 0.1) is 0 Å². The molecule has 2 aromatic rings. The summed E-state index contributed by atoms with van der Waals surface area (Å²) in [5, 5.41) is 0.629. The predicted molar refractivity (Wildman–Crippen MR) is 84.0 cm³/mol. The van der Waals surface area contributed by atoms with Crippen LogP contribution in [0.1, 0.15) is 18.5 Å². The molecule has 0 saturated heterocycles. The number of hydrogen-bond acceptors (Lipinski definition) is 3. The van der Waals surface area contributed by atoms with Crippen molar-refractivity contribution < 1.29 is 4.79 Å². The van der Waals surface area contributed by atoms with Crippen molar-refractivity contribution in [3.8, 4) is 0 Å². The molecule has 0 bridgehead atoms. The van der Waals surface area contributed by atoms with Crippen molar-refractivity contribution in [3.63, 3.8) is 0 Å². The maximum atomic E-state index is 12.3. The molecular weight excluding hydrogens is 306 g/mol. The first-order valence-electron chi connectivity index (χ1n) is 6.69. The summed E-state index contributed by atoms with van der Waals surface area (Å²) in [5.41, 5.74) is -0.154. The van der Waals surface area contributed by atoms with Gasteiger partial charge in [-0.2, -0.15) is 0 Å². The van der Waals surface area contributed by atoms with Crippen LogP contribution in [0.4, 0.5) is 0 Å². The van der Waals surface area contributed by atoms with Gasteiger partial charge in [0.1, 0.15) is 6.54 Å². The third-order valence-corrected chi connectivity index (χ3v) is 3.78. The maximum Gasteiger partial charge on any atom is 0.328 e. The Morgan fingerprint density at radius 1 is 1.27 bits per heavy atom. The van der Waals surface area contributed by atoms with E-state index in [1.807, 2.05) is 19.1 Å². The Morgan fingerprint density at radius 2 is 1.91 bits per heavy atom. The fourth-order valence-electron chi connectivity index (χ4n) is 2.01.